The first-order valence-corrected chi connectivity index (χ1v) is 11.5. The third-order valence-corrected chi connectivity index (χ3v) is 6.67. The van der Waals surface area contributed by atoms with E-state index in [1.165, 1.54) is 13.3 Å². The number of rotatable bonds is 5. The number of pyridine rings is 2. The predicted molar refractivity (Wildman–Crippen MR) is 132 cm³/mol. The molecule has 0 radical (unpaired) electrons. The zero-order valence-electron chi connectivity index (χ0n) is 19.5. The molecule has 1 fully saturated rings. The largest absolute Gasteiger partial charge is 0.465 e. The van der Waals surface area contributed by atoms with E-state index >= 15 is 4.39 Å². The summed E-state index contributed by atoms with van der Waals surface area (Å²) in [5, 5.41) is 3.53. The number of ether oxygens (including phenoxy) is 1. The van der Waals surface area contributed by atoms with E-state index in [2.05, 4.69) is 25.2 Å². The quantitative estimate of drug-likeness (QED) is 0.370. The van der Waals surface area contributed by atoms with Crippen molar-refractivity contribution in [3.63, 3.8) is 0 Å². The fourth-order valence-electron chi connectivity index (χ4n) is 4.96. The van der Waals surface area contributed by atoms with Crippen LogP contribution in [0.15, 0.2) is 30.7 Å². The molecule has 1 saturated heterocycles. The summed E-state index contributed by atoms with van der Waals surface area (Å²) in [5.41, 5.74) is 9.56. The second-order valence-corrected chi connectivity index (χ2v) is 8.73. The lowest BCUT2D eigenvalue weighted by Gasteiger charge is -2.35. The number of fused-ring (bicyclic) bond motifs is 3. The molecule has 0 bridgehead atoms. The van der Waals surface area contributed by atoms with Crippen molar-refractivity contribution in [2.24, 2.45) is 11.7 Å². The monoisotopic (exact) mass is 480 g/mol. The van der Waals surface area contributed by atoms with Crippen LogP contribution in [0.4, 0.5) is 20.2 Å². The van der Waals surface area contributed by atoms with Gasteiger partial charge in [0.25, 0.3) is 0 Å². The normalized spacial score (nSPS) is 16.1. The van der Waals surface area contributed by atoms with Crippen molar-refractivity contribution >= 4 is 39.3 Å². The minimum absolute atomic E-state index is 0.126. The second kappa shape index (κ2) is 9.10. The highest BCUT2D eigenvalue weighted by Gasteiger charge is 2.28. The van der Waals surface area contributed by atoms with Crippen molar-refractivity contribution in [3.05, 3.63) is 47.9 Å². The van der Waals surface area contributed by atoms with E-state index in [4.69, 9.17) is 10.5 Å². The highest BCUT2D eigenvalue weighted by atomic mass is 19.2. The number of hydrogen-bond acceptors (Lipinski definition) is 7. The van der Waals surface area contributed by atoms with Gasteiger partial charge in [0.15, 0.2) is 11.6 Å². The van der Waals surface area contributed by atoms with E-state index in [9.17, 15) is 9.18 Å². The first kappa shape index (κ1) is 23.0. The van der Waals surface area contributed by atoms with Crippen LogP contribution in [-0.2, 0) is 4.74 Å². The number of H-pyrrole nitrogens is 1. The number of nitrogens with two attached hydrogens (primary N) is 1. The van der Waals surface area contributed by atoms with Crippen LogP contribution in [0.25, 0.3) is 33.1 Å². The fourth-order valence-corrected chi connectivity index (χ4v) is 4.96. The number of esters is 1. The minimum atomic E-state index is -0.952. The van der Waals surface area contributed by atoms with Crippen LogP contribution >= 0.6 is 0 Å². The molecule has 1 aliphatic rings. The summed E-state index contributed by atoms with van der Waals surface area (Å²) in [6, 6.07) is 2.79. The molecule has 4 aromatic rings. The van der Waals surface area contributed by atoms with Crippen LogP contribution in [0.5, 0.6) is 0 Å². The predicted octanol–water partition coefficient (Wildman–Crippen LogP) is 4.06. The Hall–Kier alpha value is -3.79. The van der Waals surface area contributed by atoms with Crippen LogP contribution in [0, 0.1) is 17.6 Å². The SMILES string of the molecule is CNc1cc(F)c(F)c2c1[nH]c1ncc(-c3cncc(C(=O)OC)c3)c(N3CCC[C@@H](CN)C3)c12. The molecule has 35 heavy (non-hydrogen) atoms. The number of carbonyl (C=O) groups is 1. The standard InChI is InChI=1S/C25H26F2N6O2/c1-29-18-7-17(26)21(27)19-20-23(33-5-3-4-13(8-28)12-33)16(11-31-24(20)32-22(18)19)14-6-15(10-30-9-14)25(34)35-2/h6-7,9-11,13,29H,3-5,8,12,28H2,1-2H3,(H,31,32)/t13-/m0/s1. The molecule has 1 aliphatic heterocycles. The molecule has 182 valence electrons. The van der Waals surface area contributed by atoms with E-state index in [1.54, 1.807) is 25.5 Å². The summed E-state index contributed by atoms with van der Waals surface area (Å²) < 4.78 is 34.9. The molecule has 0 amide bonds. The van der Waals surface area contributed by atoms with Crippen LogP contribution < -0.4 is 16.0 Å². The molecule has 10 heteroatoms. The van der Waals surface area contributed by atoms with Crippen molar-refractivity contribution in [1.29, 1.82) is 0 Å². The Kier molecular flexibility index (Phi) is 5.98. The fraction of sp³-hybridized carbons (Fsp3) is 0.320. The number of halogens is 2. The summed E-state index contributed by atoms with van der Waals surface area (Å²) >= 11 is 0. The lowest BCUT2D eigenvalue weighted by atomic mass is 9.95. The van der Waals surface area contributed by atoms with E-state index in [-0.39, 0.29) is 16.9 Å². The summed E-state index contributed by atoms with van der Waals surface area (Å²) in [6.45, 7) is 1.91. The van der Waals surface area contributed by atoms with Gasteiger partial charge >= 0.3 is 5.97 Å². The highest BCUT2D eigenvalue weighted by Crippen LogP contribution is 2.44. The summed E-state index contributed by atoms with van der Waals surface area (Å²) in [4.78, 5) is 26.3. The Bertz CT molecular complexity index is 1440. The van der Waals surface area contributed by atoms with Gasteiger partial charge in [0.05, 0.1) is 40.3 Å². The number of carbonyl (C=O) groups excluding carboxylic acids is 1. The molecule has 0 unspecified atom stereocenters. The van der Waals surface area contributed by atoms with Crippen molar-refractivity contribution in [1.82, 2.24) is 15.0 Å². The number of aromatic amines is 1. The maximum Gasteiger partial charge on any atom is 0.339 e. The molecule has 4 heterocycles. The summed E-state index contributed by atoms with van der Waals surface area (Å²) in [5.74, 6) is -2.15. The Balaban J connectivity index is 1.85. The van der Waals surface area contributed by atoms with Crippen LogP contribution in [0.3, 0.4) is 0 Å². The molecule has 5 rings (SSSR count). The van der Waals surface area contributed by atoms with E-state index < -0.39 is 17.6 Å². The van der Waals surface area contributed by atoms with Crippen LogP contribution in [0.2, 0.25) is 0 Å². The number of hydrogen-bond donors (Lipinski definition) is 3. The van der Waals surface area contributed by atoms with Crippen molar-refractivity contribution in [3.8, 4) is 11.1 Å². The Labute approximate surface area is 200 Å². The van der Waals surface area contributed by atoms with Crippen LogP contribution in [-0.4, -0.2) is 54.7 Å². The number of benzene rings is 1. The molecule has 0 aliphatic carbocycles. The van der Waals surface area contributed by atoms with E-state index in [1.807, 2.05) is 0 Å². The molecule has 0 saturated carbocycles. The third-order valence-electron chi connectivity index (χ3n) is 6.67. The van der Waals surface area contributed by atoms with Crippen molar-refractivity contribution in [2.75, 3.05) is 44.0 Å². The van der Waals surface area contributed by atoms with Gasteiger partial charge in [0.2, 0.25) is 0 Å². The van der Waals surface area contributed by atoms with Crippen LogP contribution in [0.1, 0.15) is 23.2 Å². The zero-order valence-corrected chi connectivity index (χ0v) is 19.5. The first-order chi connectivity index (χ1) is 17.0. The summed E-state index contributed by atoms with van der Waals surface area (Å²) in [6.07, 6.45) is 6.62. The molecule has 3 aromatic heterocycles. The Morgan fingerprint density at radius 2 is 2.11 bits per heavy atom. The maximum absolute atomic E-state index is 15.4. The molecule has 1 aromatic carbocycles. The molecule has 4 N–H and O–H groups in total. The average Bonchev–Trinajstić information content (AvgIpc) is 3.29. The first-order valence-electron chi connectivity index (χ1n) is 11.5. The van der Waals surface area contributed by atoms with Gasteiger partial charge in [-0.1, -0.05) is 0 Å². The topological polar surface area (TPSA) is 109 Å². The van der Waals surface area contributed by atoms with Gasteiger partial charge < -0.3 is 25.7 Å². The molecule has 1 atom stereocenters. The van der Waals surface area contributed by atoms with E-state index in [0.717, 1.165) is 25.5 Å². The van der Waals surface area contributed by atoms with Gasteiger partial charge in [0, 0.05) is 55.9 Å². The van der Waals surface area contributed by atoms with Gasteiger partial charge in [-0.25, -0.2) is 18.6 Å². The van der Waals surface area contributed by atoms with Gasteiger partial charge in [-0.2, -0.15) is 0 Å². The van der Waals surface area contributed by atoms with Gasteiger partial charge in [-0.05, 0) is 31.4 Å². The number of nitrogens with one attached hydrogen (secondary N) is 2. The zero-order chi connectivity index (χ0) is 24.7. The number of methoxy groups -OCH3 is 1. The van der Waals surface area contributed by atoms with Gasteiger partial charge in [-0.15, -0.1) is 0 Å². The third kappa shape index (κ3) is 3.83. The van der Waals surface area contributed by atoms with Gasteiger partial charge in [-0.3, -0.25) is 4.98 Å². The van der Waals surface area contributed by atoms with E-state index in [0.29, 0.717) is 52.1 Å². The lowest BCUT2D eigenvalue weighted by Crippen LogP contribution is -2.38. The smallest absolute Gasteiger partial charge is 0.339 e. The number of piperidine rings is 1. The number of nitrogens with zero attached hydrogens (tertiary/aromatic N) is 3. The van der Waals surface area contributed by atoms with Gasteiger partial charge in [0.1, 0.15) is 5.65 Å². The molecular formula is C25H26F2N6O2. The number of aromatic nitrogens is 3. The maximum atomic E-state index is 15.4. The minimum Gasteiger partial charge on any atom is -0.465 e. The average molecular weight is 481 g/mol. The molecule has 0 spiro atoms. The lowest BCUT2D eigenvalue weighted by molar-refractivity contribution is 0.0600. The summed E-state index contributed by atoms with van der Waals surface area (Å²) in [7, 11) is 2.95. The van der Waals surface area contributed by atoms with Crippen molar-refractivity contribution < 1.29 is 18.3 Å². The highest BCUT2D eigenvalue weighted by molar-refractivity contribution is 6.18. The molecular weight excluding hydrogens is 454 g/mol. The Morgan fingerprint density at radius 1 is 1.29 bits per heavy atom. The second-order valence-electron chi connectivity index (χ2n) is 8.73. The van der Waals surface area contributed by atoms with Crippen molar-refractivity contribution in [2.45, 2.75) is 12.8 Å². The molecule has 8 nitrogen and oxygen atoms in total. The Morgan fingerprint density at radius 3 is 2.86 bits per heavy atom. The number of anilines is 2.